The minimum absolute atomic E-state index is 0.0274. The lowest BCUT2D eigenvalue weighted by Crippen LogP contribution is -2.25. The van der Waals surface area contributed by atoms with Crippen LogP contribution >= 0.6 is 0 Å². The van der Waals surface area contributed by atoms with Crippen LogP contribution < -0.4 is 10.1 Å². The van der Waals surface area contributed by atoms with Crippen LogP contribution in [-0.4, -0.2) is 27.8 Å². The van der Waals surface area contributed by atoms with Gasteiger partial charge in [-0.05, 0) is 43.3 Å². The van der Waals surface area contributed by atoms with Crippen LogP contribution in [0.5, 0.6) is 5.75 Å². The van der Waals surface area contributed by atoms with Gasteiger partial charge >= 0.3 is 0 Å². The number of hydrogen-bond acceptors (Lipinski definition) is 3. The van der Waals surface area contributed by atoms with Gasteiger partial charge in [-0.2, -0.15) is 5.10 Å². The molecule has 0 radical (unpaired) electrons. The van der Waals surface area contributed by atoms with Crippen molar-refractivity contribution in [3.63, 3.8) is 0 Å². The minimum Gasteiger partial charge on any atom is -0.497 e. The predicted molar refractivity (Wildman–Crippen MR) is 96.3 cm³/mol. The number of H-pyrrole nitrogens is 1. The molecule has 0 bridgehead atoms. The van der Waals surface area contributed by atoms with Gasteiger partial charge in [0.15, 0.2) is 0 Å². The van der Waals surface area contributed by atoms with E-state index < -0.39 is 0 Å². The van der Waals surface area contributed by atoms with Gasteiger partial charge in [-0.3, -0.25) is 9.89 Å². The van der Waals surface area contributed by atoms with Gasteiger partial charge in [-0.1, -0.05) is 0 Å². The third-order valence-corrected chi connectivity index (χ3v) is 4.29. The van der Waals surface area contributed by atoms with Crippen LogP contribution in [0.3, 0.4) is 0 Å². The fraction of sp³-hybridized carbons (Fsp3) is 0.263. The number of ether oxygens (including phenoxy) is 1. The summed E-state index contributed by atoms with van der Waals surface area (Å²) in [5.41, 5.74) is 4.63. The van der Waals surface area contributed by atoms with E-state index in [4.69, 9.17) is 4.74 Å². The Balaban J connectivity index is 1.72. The van der Waals surface area contributed by atoms with E-state index in [0.717, 1.165) is 34.0 Å². The Labute approximate surface area is 146 Å². The fourth-order valence-corrected chi connectivity index (χ4v) is 2.75. The number of carbonyl (C=O) groups is 1. The highest BCUT2D eigenvalue weighted by Crippen LogP contribution is 2.26. The second kappa shape index (κ2) is 7.25. The number of methoxy groups -OCH3 is 1. The smallest absolute Gasteiger partial charge is 0.224 e. The molecule has 0 atom stereocenters. The third kappa shape index (κ3) is 3.74. The Kier molecular flexibility index (Phi) is 4.88. The van der Waals surface area contributed by atoms with Crippen LogP contribution in [0.4, 0.5) is 0 Å². The van der Waals surface area contributed by atoms with E-state index in [9.17, 15) is 4.79 Å². The van der Waals surface area contributed by atoms with Crippen LogP contribution in [0.2, 0.25) is 0 Å². The van der Waals surface area contributed by atoms with Crippen LogP contribution in [0.25, 0.3) is 11.3 Å². The average Bonchev–Trinajstić information content (AvgIpc) is 3.19. The second-order valence-corrected chi connectivity index (χ2v) is 5.97. The van der Waals surface area contributed by atoms with Crippen molar-refractivity contribution in [1.82, 2.24) is 20.1 Å². The predicted octanol–water partition coefficient (Wildman–Crippen LogP) is 2.59. The molecule has 0 unspecified atom stereocenters. The van der Waals surface area contributed by atoms with E-state index in [1.165, 1.54) is 0 Å². The standard InChI is InChI=1S/C19H22N4O2/c1-13-17(11-18(24)20-12-15-5-4-10-23(15)2)19(22-21-13)14-6-8-16(25-3)9-7-14/h4-10H,11-12H2,1-3H3,(H,20,24)(H,21,22). The van der Waals surface area contributed by atoms with Gasteiger partial charge < -0.3 is 14.6 Å². The van der Waals surface area contributed by atoms with Crippen molar-refractivity contribution in [3.8, 4) is 17.0 Å². The van der Waals surface area contributed by atoms with E-state index in [1.54, 1.807) is 7.11 Å². The van der Waals surface area contributed by atoms with Gasteiger partial charge in [0.2, 0.25) is 5.91 Å². The molecule has 3 rings (SSSR count). The monoisotopic (exact) mass is 338 g/mol. The van der Waals surface area contributed by atoms with Crippen molar-refractivity contribution in [2.45, 2.75) is 19.9 Å². The number of benzene rings is 1. The number of aromatic amines is 1. The van der Waals surface area contributed by atoms with Crippen molar-refractivity contribution in [2.24, 2.45) is 7.05 Å². The van der Waals surface area contributed by atoms with Gasteiger partial charge in [0.05, 0.1) is 25.8 Å². The summed E-state index contributed by atoms with van der Waals surface area (Å²) in [7, 11) is 3.60. The molecule has 6 heteroatoms. The van der Waals surface area contributed by atoms with Crippen LogP contribution in [0.15, 0.2) is 42.6 Å². The topological polar surface area (TPSA) is 71.9 Å². The summed E-state index contributed by atoms with van der Waals surface area (Å²) in [4.78, 5) is 12.4. The number of amides is 1. The van der Waals surface area contributed by atoms with E-state index in [2.05, 4.69) is 15.5 Å². The summed E-state index contributed by atoms with van der Waals surface area (Å²) in [6, 6.07) is 11.6. The highest BCUT2D eigenvalue weighted by atomic mass is 16.5. The number of aryl methyl sites for hydroxylation is 2. The lowest BCUT2D eigenvalue weighted by atomic mass is 10.0. The number of rotatable bonds is 6. The Bertz CT molecular complexity index is 862. The molecule has 130 valence electrons. The lowest BCUT2D eigenvalue weighted by Gasteiger charge is -2.08. The number of nitrogens with zero attached hydrogens (tertiary/aromatic N) is 2. The highest BCUT2D eigenvalue weighted by molar-refractivity contribution is 5.81. The van der Waals surface area contributed by atoms with Gasteiger partial charge in [0, 0.05) is 35.8 Å². The Hall–Kier alpha value is -3.02. The minimum atomic E-state index is -0.0274. The molecule has 0 spiro atoms. The summed E-state index contributed by atoms with van der Waals surface area (Å²) in [6.45, 7) is 2.44. The highest BCUT2D eigenvalue weighted by Gasteiger charge is 2.16. The third-order valence-electron chi connectivity index (χ3n) is 4.29. The van der Waals surface area contributed by atoms with Crippen molar-refractivity contribution in [1.29, 1.82) is 0 Å². The summed E-state index contributed by atoms with van der Waals surface area (Å²) < 4.78 is 7.18. The van der Waals surface area contributed by atoms with Crippen LogP contribution in [0.1, 0.15) is 17.0 Å². The van der Waals surface area contributed by atoms with E-state index in [0.29, 0.717) is 6.54 Å². The molecule has 0 saturated heterocycles. The van der Waals surface area contributed by atoms with Crippen molar-refractivity contribution < 1.29 is 9.53 Å². The maximum absolute atomic E-state index is 12.4. The molecule has 0 aliphatic carbocycles. The Morgan fingerprint density at radius 1 is 1.28 bits per heavy atom. The zero-order chi connectivity index (χ0) is 17.8. The first-order chi connectivity index (χ1) is 12.1. The van der Waals surface area contributed by atoms with Gasteiger partial charge in [0.1, 0.15) is 5.75 Å². The molecule has 0 aliphatic heterocycles. The molecule has 0 aliphatic rings. The molecule has 0 fully saturated rings. The molecule has 0 saturated carbocycles. The molecular weight excluding hydrogens is 316 g/mol. The zero-order valence-electron chi connectivity index (χ0n) is 14.7. The van der Waals surface area contributed by atoms with E-state index in [1.807, 2.05) is 61.1 Å². The first-order valence-corrected chi connectivity index (χ1v) is 8.13. The van der Waals surface area contributed by atoms with Crippen LogP contribution in [0, 0.1) is 6.92 Å². The summed E-state index contributed by atoms with van der Waals surface area (Å²) in [6.07, 6.45) is 2.25. The number of aromatic nitrogens is 3. The molecule has 1 amide bonds. The SMILES string of the molecule is COc1ccc(-c2n[nH]c(C)c2CC(=O)NCc2cccn2C)cc1. The zero-order valence-corrected chi connectivity index (χ0v) is 14.7. The van der Waals surface area contributed by atoms with E-state index in [-0.39, 0.29) is 12.3 Å². The average molecular weight is 338 g/mol. The molecule has 2 N–H and O–H groups in total. The van der Waals surface area contributed by atoms with Gasteiger partial charge in [0.25, 0.3) is 0 Å². The van der Waals surface area contributed by atoms with Crippen molar-refractivity contribution >= 4 is 5.91 Å². The normalized spacial score (nSPS) is 10.7. The summed E-state index contributed by atoms with van der Waals surface area (Å²) >= 11 is 0. The van der Waals surface area contributed by atoms with Gasteiger partial charge in [-0.15, -0.1) is 0 Å². The Morgan fingerprint density at radius 3 is 2.68 bits per heavy atom. The first kappa shape index (κ1) is 16.8. The fourth-order valence-electron chi connectivity index (χ4n) is 2.75. The van der Waals surface area contributed by atoms with Crippen LogP contribution in [-0.2, 0) is 24.8 Å². The molecular formula is C19H22N4O2. The summed E-state index contributed by atoms with van der Waals surface area (Å²) in [5.74, 6) is 0.762. The van der Waals surface area contributed by atoms with Crippen molar-refractivity contribution in [3.05, 3.63) is 59.5 Å². The van der Waals surface area contributed by atoms with Gasteiger partial charge in [-0.25, -0.2) is 0 Å². The largest absolute Gasteiger partial charge is 0.497 e. The molecule has 25 heavy (non-hydrogen) atoms. The maximum atomic E-state index is 12.4. The quantitative estimate of drug-likeness (QED) is 0.726. The maximum Gasteiger partial charge on any atom is 0.224 e. The summed E-state index contributed by atoms with van der Waals surface area (Å²) in [5, 5.41) is 10.3. The second-order valence-electron chi connectivity index (χ2n) is 5.97. The Morgan fingerprint density at radius 2 is 2.04 bits per heavy atom. The number of carbonyl (C=O) groups excluding carboxylic acids is 1. The number of hydrogen-bond donors (Lipinski definition) is 2. The molecule has 6 nitrogen and oxygen atoms in total. The molecule has 1 aromatic carbocycles. The molecule has 2 heterocycles. The van der Waals surface area contributed by atoms with Crippen molar-refractivity contribution in [2.75, 3.05) is 7.11 Å². The lowest BCUT2D eigenvalue weighted by molar-refractivity contribution is -0.120. The molecule has 3 aromatic rings. The van der Waals surface area contributed by atoms with E-state index >= 15 is 0 Å². The molecule has 2 aromatic heterocycles. The number of nitrogens with one attached hydrogen (secondary N) is 2. The first-order valence-electron chi connectivity index (χ1n) is 8.13.